The van der Waals surface area contributed by atoms with E-state index in [-0.39, 0.29) is 30.1 Å². The van der Waals surface area contributed by atoms with Crippen molar-refractivity contribution in [2.45, 2.75) is 37.0 Å². The number of carbonyl (C=O) groups excluding carboxylic acids is 1. The number of hydrogen-bond acceptors (Lipinski definition) is 6. The lowest BCUT2D eigenvalue weighted by atomic mass is 9.89. The Labute approximate surface area is 215 Å². The molecule has 0 unspecified atom stereocenters. The third-order valence-electron chi connectivity index (χ3n) is 6.13. The molecule has 1 amide bonds. The number of alkyl halides is 4. The summed E-state index contributed by atoms with van der Waals surface area (Å²) < 4.78 is 92.8. The van der Waals surface area contributed by atoms with Crippen LogP contribution in [0.15, 0.2) is 59.9 Å². The third-order valence-corrected chi connectivity index (χ3v) is 8.00. The smallest absolute Gasteiger partial charge is 0.349 e. The minimum Gasteiger partial charge on any atom is -0.349 e. The molecule has 1 aliphatic rings. The second-order valence-electron chi connectivity index (χ2n) is 9.21. The Morgan fingerprint density at radius 3 is 2.45 bits per heavy atom. The Bertz CT molecular complexity index is 1420. The van der Waals surface area contributed by atoms with Gasteiger partial charge in [0.1, 0.15) is 23.9 Å². The molecule has 1 aliphatic heterocycles. The van der Waals surface area contributed by atoms with Gasteiger partial charge in [0.25, 0.3) is 0 Å². The van der Waals surface area contributed by atoms with Crippen molar-refractivity contribution >= 4 is 15.9 Å². The van der Waals surface area contributed by atoms with Crippen LogP contribution in [0.3, 0.4) is 0 Å². The highest BCUT2D eigenvalue weighted by Gasteiger charge is 2.49. The van der Waals surface area contributed by atoms with E-state index in [4.69, 9.17) is 0 Å². The second-order valence-corrected chi connectivity index (χ2v) is 11.1. The molecule has 2 atom stereocenters. The van der Waals surface area contributed by atoms with E-state index in [1.165, 1.54) is 19.1 Å². The van der Waals surface area contributed by atoms with Crippen molar-refractivity contribution in [3.05, 3.63) is 72.2 Å². The largest absolute Gasteiger partial charge is 0.433 e. The van der Waals surface area contributed by atoms with Gasteiger partial charge >= 0.3 is 6.18 Å². The number of sulfonamides is 1. The van der Waals surface area contributed by atoms with Crippen molar-refractivity contribution in [3.8, 4) is 11.3 Å². The number of pyridine rings is 1. The van der Waals surface area contributed by atoms with Gasteiger partial charge in [-0.3, -0.25) is 14.2 Å². The van der Waals surface area contributed by atoms with Gasteiger partial charge in [-0.05, 0) is 48.9 Å². The van der Waals surface area contributed by atoms with Crippen molar-refractivity contribution in [3.63, 3.8) is 0 Å². The predicted molar refractivity (Wildman–Crippen MR) is 125 cm³/mol. The van der Waals surface area contributed by atoms with Crippen LogP contribution < -0.4 is 5.32 Å². The molecule has 4 rings (SSSR count). The number of nitrogens with one attached hydrogen (secondary N) is 1. The number of amides is 1. The number of hydrogen-bond donors (Lipinski definition) is 1. The molecule has 0 radical (unpaired) electrons. The highest BCUT2D eigenvalue weighted by Crippen LogP contribution is 2.38. The highest BCUT2D eigenvalue weighted by atomic mass is 32.2. The Hall–Kier alpha value is -3.52. The van der Waals surface area contributed by atoms with Crippen molar-refractivity contribution in [2.24, 2.45) is 5.41 Å². The van der Waals surface area contributed by atoms with Crippen LogP contribution in [0.25, 0.3) is 11.3 Å². The SMILES string of the molecule is C[C@]1(CF)C[C@@H](C(=O)NCc2cc(-c3ccc(C(F)(F)F)nc3)ncn2)N(S(=O)(=O)c2ccc(F)cc2)C1. The molecule has 1 N–H and O–H groups in total. The molecule has 2 aromatic heterocycles. The van der Waals surface area contributed by atoms with E-state index < -0.39 is 51.7 Å². The first kappa shape index (κ1) is 27.5. The van der Waals surface area contributed by atoms with Gasteiger partial charge in [-0.15, -0.1) is 0 Å². The van der Waals surface area contributed by atoms with Crippen LogP contribution >= 0.6 is 0 Å². The average molecular weight is 556 g/mol. The summed E-state index contributed by atoms with van der Waals surface area (Å²) in [6, 6.07) is 6.33. The predicted octanol–water partition coefficient (Wildman–Crippen LogP) is 3.75. The molecule has 0 aliphatic carbocycles. The summed E-state index contributed by atoms with van der Waals surface area (Å²) in [5.41, 5.74) is -1.31. The number of rotatable bonds is 7. The van der Waals surface area contributed by atoms with Crippen LogP contribution in [0.2, 0.25) is 0 Å². The zero-order chi connectivity index (χ0) is 27.7. The number of carbonyl (C=O) groups is 1. The average Bonchev–Trinajstić information content (AvgIpc) is 3.26. The van der Waals surface area contributed by atoms with Crippen molar-refractivity contribution in [1.82, 2.24) is 24.6 Å². The third kappa shape index (κ3) is 5.80. The van der Waals surface area contributed by atoms with E-state index in [0.717, 1.165) is 47.2 Å². The monoisotopic (exact) mass is 555 g/mol. The molecule has 3 heterocycles. The quantitative estimate of drug-likeness (QED) is 0.446. The Kier molecular flexibility index (Phi) is 7.48. The Balaban J connectivity index is 1.51. The molecule has 14 heteroatoms. The van der Waals surface area contributed by atoms with Crippen molar-refractivity contribution < 1.29 is 35.2 Å². The van der Waals surface area contributed by atoms with Crippen LogP contribution in [0.5, 0.6) is 0 Å². The molecule has 1 aromatic carbocycles. The fourth-order valence-corrected chi connectivity index (χ4v) is 5.83. The fraction of sp³-hybridized carbons (Fsp3) is 0.333. The molecule has 8 nitrogen and oxygen atoms in total. The van der Waals surface area contributed by atoms with Gasteiger partial charge < -0.3 is 5.32 Å². The summed E-state index contributed by atoms with van der Waals surface area (Å²) in [4.78, 5) is 24.3. The van der Waals surface area contributed by atoms with Gasteiger partial charge in [-0.25, -0.2) is 22.8 Å². The topological polar surface area (TPSA) is 105 Å². The lowest BCUT2D eigenvalue weighted by molar-refractivity contribution is -0.141. The summed E-state index contributed by atoms with van der Waals surface area (Å²) in [6.45, 7) is 0.264. The van der Waals surface area contributed by atoms with Crippen LogP contribution in [-0.2, 0) is 27.5 Å². The standard InChI is InChI=1S/C24H22F5N5O3S/c1-23(12-25)9-20(34(13-23)38(36,37)18-5-3-16(26)4-6-18)22(35)31-11-17-8-19(33-14-32-17)15-2-7-21(30-10-15)24(27,28)29/h2-8,10,14,20H,9,11-13H2,1H3,(H,31,35)/t20-,23+/m0/s1. The first-order valence-electron chi connectivity index (χ1n) is 11.3. The van der Waals surface area contributed by atoms with Gasteiger partial charge in [-0.2, -0.15) is 17.5 Å². The number of halogens is 5. The van der Waals surface area contributed by atoms with E-state index in [0.29, 0.717) is 11.3 Å². The van der Waals surface area contributed by atoms with Crippen LogP contribution in [0, 0.1) is 11.2 Å². The van der Waals surface area contributed by atoms with E-state index in [1.807, 2.05) is 0 Å². The van der Waals surface area contributed by atoms with E-state index >= 15 is 0 Å². The summed E-state index contributed by atoms with van der Waals surface area (Å²) in [5.74, 6) is -1.33. The molecule has 38 heavy (non-hydrogen) atoms. The van der Waals surface area contributed by atoms with Gasteiger partial charge in [0.2, 0.25) is 15.9 Å². The van der Waals surface area contributed by atoms with Crippen LogP contribution in [0.1, 0.15) is 24.7 Å². The molecule has 3 aromatic rings. The summed E-state index contributed by atoms with van der Waals surface area (Å²) in [5, 5.41) is 2.59. The van der Waals surface area contributed by atoms with E-state index in [9.17, 15) is 35.2 Å². The lowest BCUT2D eigenvalue weighted by Crippen LogP contribution is -2.45. The summed E-state index contributed by atoms with van der Waals surface area (Å²) in [6.07, 6.45) is -2.49. The Morgan fingerprint density at radius 1 is 1.13 bits per heavy atom. The fourth-order valence-electron chi connectivity index (χ4n) is 4.09. The van der Waals surface area contributed by atoms with Gasteiger partial charge in [0, 0.05) is 23.7 Å². The van der Waals surface area contributed by atoms with E-state index in [1.54, 1.807) is 0 Å². The first-order valence-corrected chi connectivity index (χ1v) is 12.7. The number of nitrogens with zero attached hydrogens (tertiary/aromatic N) is 4. The van der Waals surface area contributed by atoms with Crippen LogP contribution in [0.4, 0.5) is 22.0 Å². The number of aromatic nitrogens is 3. The minimum absolute atomic E-state index is 0.0813. The van der Waals surface area contributed by atoms with Gasteiger partial charge in [0.15, 0.2) is 0 Å². The van der Waals surface area contributed by atoms with E-state index in [2.05, 4.69) is 20.3 Å². The molecular weight excluding hydrogens is 533 g/mol. The van der Waals surface area contributed by atoms with Gasteiger partial charge in [-0.1, -0.05) is 6.92 Å². The van der Waals surface area contributed by atoms with Gasteiger partial charge in [0.05, 0.1) is 29.5 Å². The minimum atomic E-state index is -4.59. The number of benzene rings is 1. The maximum atomic E-state index is 13.8. The zero-order valence-electron chi connectivity index (χ0n) is 19.9. The van der Waals surface area contributed by atoms with Crippen LogP contribution in [-0.4, -0.2) is 52.8 Å². The van der Waals surface area contributed by atoms with Crippen molar-refractivity contribution in [1.29, 1.82) is 0 Å². The zero-order valence-corrected chi connectivity index (χ0v) is 20.7. The van der Waals surface area contributed by atoms with Crippen molar-refractivity contribution in [2.75, 3.05) is 13.2 Å². The molecular formula is C24H22F5N5O3S. The summed E-state index contributed by atoms with van der Waals surface area (Å²) >= 11 is 0. The summed E-state index contributed by atoms with van der Waals surface area (Å²) in [7, 11) is -4.24. The first-order chi connectivity index (χ1) is 17.8. The second kappa shape index (κ2) is 10.3. The normalized spacial score (nSPS) is 20.4. The molecule has 0 saturated carbocycles. The lowest BCUT2D eigenvalue weighted by Gasteiger charge is -2.23. The Morgan fingerprint density at radius 2 is 1.84 bits per heavy atom. The molecule has 202 valence electrons. The maximum absolute atomic E-state index is 13.8. The maximum Gasteiger partial charge on any atom is 0.433 e. The molecule has 1 fully saturated rings. The molecule has 0 bridgehead atoms. The molecule has 1 saturated heterocycles. The molecule has 0 spiro atoms. The highest BCUT2D eigenvalue weighted by molar-refractivity contribution is 7.89.